The number of amides is 2. The number of nitrogens with zero attached hydrogens (tertiary/aromatic N) is 1. The van der Waals surface area contributed by atoms with E-state index in [-0.39, 0.29) is 5.69 Å². The number of nitrogens with one attached hydrogen (secondary N) is 2. The van der Waals surface area contributed by atoms with E-state index in [1.165, 1.54) is 31.5 Å². The Morgan fingerprint density at radius 1 is 1.25 bits per heavy atom. The fourth-order valence-corrected chi connectivity index (χ4v) is 2.39. The van der Waals surface area contributed by atoms with E-state index in [9.17, 15) is 14.0 Å². The van der Waals surface area contributed by atoms with Crippen LogP contribution in [-0.2, 0) is 9.59 Å². The van der Waals surface area contributed by atoms with Gasteiger partial charge in [0.25, 0.3) is 0 Å². The molecule has 0 saturated carbocycles. The summed E-state index contributed by atoms with van der Waals surface area (Å²) in [5.41, 5.74) is 2.47. The van der Waals surface area contributed by atoms with Crippen LogP contribution in [0.1, 0.15) is 18.9 Å². The molecule has 0 aliphatic rings. The summed E-state index contributed by atoms with van der Waals surface area (Å²) in [6.07, 6.45) is 2.09. The summed E-state index contributed by atoms with van der Waals surface area (Å²) in [7, 11) is 1.47. The third kappa shape index (κ3) is 5.68. The number of hydrazone groups is 1. The second kappa shape index (κ2) is 10.3. The van der Waals surface area contributed by atoms with Gasteiger partial charge in [-0.25, -0.2) is 9.82 Å². The summed E-state index contributed by atoms with van der Waals surface area (Å²) in [6, 6.07) is 8.68. The van der Waals surface area contributed by atoms with Gasteiger partial charge in [-0.3, -0.25) is 9.59 Å². The molecule has 0 fully saturated rings. The lowest BCUT2D eigenvalue weighted by molar-refractivity contribution is -0.136. The van der Waals surface area contributed by atoms with Gasteiger partial charge in [0.2, 0.25) is 0 Å². The molecule has 0 aliphatic heterocycles. The minimum absolute atomic E-state index is 0.106. The van der Waals surface area contributed by atoms with E-state index < -0.39 is 17.6 Å². The van der Waals surface area contributed by atoms with Gasteiger partial charge in [0.05, 0.1) is 30.6 Å². The molecule has 0 heterocycles. The number of anilines is 1. The Kier molecular flexibility index (Phi) is 7.76. The molecular weight excluding hydrogens is 389 g/mol. The normalized spacial score (nSPS) is 10.6. The van der Waals surface area contributed by atoms with Gasteiger partial charge in [-0.05, 0) is 36.2 Å². The van der Waals surface area contributed by atoms with E-state index in [2.05, 4.69) is 15.8 Å². The molecule has 2 amide bonds. The Bertz CT molecular complexity index is 889. The summed E-state index contributed by atoms with van der Waals surface area (Å²) in [4.78, 5) is 23.6. The van der Waals surface area contributed by atoms with Crippen LogP contribution in [0, 0.1) is 5.82 Å². The summed E-state index contributed by atoms with van der Waals surface area (Å²) in [5, 5.41) is 6.17. The number of rotatable bonds is 7. The first-order valence-electron chi connectivity index (χ1n) is 8.35. The zero-order chi connectivity index (χ0) is 20.5. The first kappa shape index (κ1) is 21.2. The molecular formula is C19H19ClFN3O4. The van der Waals surface area contributed by atoms with E-state index in [1.807, 2.05) is 6.92 Å². The summed E-state index contributed by atoms with van der Waals surface area (Å²) >= 11 is 6.19. The lowest BCUT2D eigenvalue weighted by atomic mass is 10.2. The molecule has 0 atom stereocenters. The van der Waals surface area contributed by atoms with Crippen LogP contribution < -0.4 is 20.2 Å². The van der Waals surface area contributed by atoms with E-state index in [4.69, 9.17) is 21.1 Å². The van der Waals surface area contributed by atoms with Crippen LogP contribution in [0.5, 0.6) is 11.5 Å². The van der Waals surface area contributed by atoms with Crippen molar-refractivity contribution in [2.45, 2.75) is 13.3 Å². The van der Waals surface area contributed by atoms with Gasteiger partial charge in [0, 0.05) is 0 Å². The standard InChI is InChI=1S/C19H19ClFN3O4/c1-3-8-28-17-13(20)9-12(10-16(17)27-2)11-22-24-19(26)18(25)23-15-7-5-4-6-14(15)21/h4-7,9-11H,3,8H2,1-2H3,(H,23,25)(H,24,26)/b22-11-. The van der Waals surface area contributed by atoms with E-state index in [1.54, 1.807) is 12.1 Å². The molecule has 0 unspecified atom stereocenters. The third-order valence-corrected chi connectivity index (χ3v) is 3.69. The lowest BCUT2D eigenvalue weighted by Crippen LogP contribution is -2.32. The second-order valence-corrected chi connectivity index (χ2v) is 5.92. The highest BCUT2D eigenvalue weighted by molar-refractivity contribution is 6.39. The minimum atomic E-state index is -1.06. The quantitative estimate of drug-likeness (QED) is 0.418. The first-order chi connectivity index (χ1) is 13.5. The van der Waals surface area contributed by atoms with E-state index >= 15 is 0 Å². The van der Waals surface area contributed by atoms with Crippen molar-refractivity contribution in [3.63, 3.8) is 0 Å². The maximum atomic E-state index is 13.5. The van der Waals surface area contributed by atoms with Crippen LogP contribution in [0.15, 0.2) is 41.5 Å². The zero-order valence-electron chi connectivity index (χ0n) is 15.3. The van der Waals surface area contributed by atoms with Gasteiger partial charge in [0.15, 0.2) is 11.5 Å². The van der Waals surface area contributed by atoms with Gasteiger partial charge >= 0.3 is 11.8 Å². The molecule has 0 aromatic heterocycles. The molecule has 0 bridgehead atoms. The number of halogens is 2. The number of hydrogen-bond donors (Lipinski definition) is 2. The van der Waals surface area contributed by atoms with Crippen molar-refractivity contribution >= 4 is 35.3 Å². The molecule has 0 radical (unpaired) electrons. The van der Waals surface area contributed by atoms with Crippen molar-refractivity contribution in [2.75, 3.05) is 19.0 Å². The van der Waals surface area contributed by atoms with Crippen molar-refractivity contribution in [1.29, 1.82) is 0 Å². The SMILES string of the molecule is CCCOc1c(Cl)cc(/C=N\NC(=O)C(=O)Nc2ccccc2F)cc1OC. The van der Waals surface area contributed by atoms with Crippen molar-refractivity contribution in [3.05, 3.63) is 52.8 Å². The maximum absolute atomic E-state index is 13.5. The predicted octanol–water partition coefficient (Wildman–Crippen LogP) is 3.37. The highest BCUT2D eigenvalue weighted by Gasteiger charge is 2.15. The number of hydrogen-bond acceptors (Lipinski definition) is 5. The van der Waals surface area contributed by atoms with Gasteiger partial charge in [-0.1, -0.05) is 30.7 Å². The molecule has 2 aromatic carbocycles. The van der Waals surface area contributed by atoms with E-state index in [0.717, 1.165) is 12.5 Å². The van der Waals surface area contributed by atoms with Crippen molar-refractivity contribution < 1.29 is 23.5 Å². The number of carbonyl (C=O) groups excluding carboxylic acids is 2. The van der Waals surface area contributed by atoms with Crippen LogP contribution >= 0.6 is 11.6 Å². The second-order valence-electron chi connectivity index (χ2n) is 5.52. The Morgan fingerprint density at radius 2 is 2.00 bits per heavy atom. The fraction of sp³-hybridized carbons (Fsp3) is 0.211. The molecule has 0 spiro atoms. The topological polar surface area (TPSA) is 89.0 Å². The molecule has 7 nitrogen and oxygen atoms in total. The van der Waals surface area contributed by atoms with Gasteiger partial charge < -0.3 is 14.8 Å². The molecule has 2 rings (SSSR count). The van der Waals surface area contributed by atoms with Crippen LogP contribution in [0.4, 0.5) is 10.1 Å². The van der Waals surface area contributed by atoms with Gasteiger partial charge in [0.1, 0.15) is 5.82 Å². The third-order valence-electron chi connectivity index (χ3n) is 3.41. The predicted molar refractivity (Wildman–Crippen MR) is 105 cm³/mol. The summed E-state index contributed by atoms with van der Waals surface area (Å²) in [5.74, 6) is -1.94. The molecule has 0 saturated heterocycles. The first-order valence-corrected chi connectivity index (χ1v) is 8.73. The fourth-order valence-electron chi connectivity index (χ4n) is 2.12. The smallest absolute Gasteiger partial charge is 0.329 e. The Morgan fingerprint density at radius 3 is 2.68 bits per heavy atom. The van der Waals surface area contributed by atoms with Crippen LogP contribution in [0.2, 0.25) is 5.02 Å². The van der Waals surface area contributed by atoms with Crippen LogP contribution in [0.3, 0.4) is 0 Å². The molecule has 2 aromatic rings. The lowest BCUT2D eigenvalue weighted by Gasteiger charge is -2.12. The van der Waals surface area contributed by atoms with Gasteiger partial charge in [-0.2, -0.15) is 5.10 Å². The minimum Gasteiger partial charge on any atom is -0.493 e. The highest BCUT2D eigenvalue weighted by Crippen LogP contribution is 2.36. The monoisotopic (exact) mass is 407 g/mol. The van der Waals surface area contributed by atoms with Gasteiger partial charge in [-0.15, -0.1) is 0 Å². The highest BCUT2D eigenvalue weighted by atomic mass is 35.5. The van der Waals surface area contributed by atoms with Crippen molar-refractivity contribution in [3.8, 4) is 11.5 Å². The summed E-state index contributed by atoms with van der Waals surface area (Å²) in [6.45, 7) is 2.45. The molecule has 9 heteroatoms. The number of carbonyl (C=O) groups is 2. The van der Waals surface area contributed by atoms with Crippen LogP contribution in [-0.4, -0.2) is 31.7 Å². The molecule has 28 heavy (non-hydrogen) atoms. The van der Waals surface area contributed by atoms with E-state index in [0.29, 0.717) is 28.7 Å². The maximum Gasteiger partial charge on any atom is 0.329 e. The Hall–Kier alpha value is -3.13. The Balaban J connectivity index is 2.01. The average Bonchev–Trinajstić information content (AvgIpc) is 2.68. The Labute approximate surface area is 166 Å². The summed E-state index contributed by atoms with van der Waals surface area (Å²) < 4.78 is 24.3. The molecule has 148 valence electrons. The average molecular weight is 408 g/mol. The molecule has 2 N–H and O–H groups in total. The zero-order valence-corrected chi connectivity index (χ0v) is 16.0. The van der Waals surface area contributed by atoms with Crippen molar-refractivity contribution in [1.82, 2.24) is 5.43 Å². The number of para-hydroxylation sites is 1. The molecule has 0 aliphatic carbocycles. The van der Waals surface area contributed by atoms with Crippen LogP contribution in [0.25, 0.3) is 0 Å². The number of ether oxygens (including phenoxy) is 2. The largest absolute Gasteiger partial charge is 0.493 e. The number of methoxy groups -OCH3 is 1. The van der Waals surface area contributed by atoms with Crippen molar-refractivity contribution in [2.24, 2.45) is 5.10 Å². The number of benzene rings is 2.